The molecule has 4 N–H and O–H groups in total. The highest BCUT2D eigenvalue weighted by Crippen LogP contribution is 2.31. The minimum absolute atomic E-state index is 0.0597. The molecule has 4 atom stereocenters. The number of carbonyl (C=O) groups is 2. The van der Waals surface area contributed by atoms with Crippen LogP contribution in [0.15, 0.2) is 146 Å². The molecule has 0 aliphatic rings. The fourth-order valence-electron chi connectivity index (χ4n) is 7.30. The average Bonchev–Trinajstić information content (AvgIpc) is 3.33. The summed E-state index contributed by atoms with van der Waals surface area (Å²) in [5.74, 6) is 2.04. The number of carbonyl (C=O) groups excluding carboxylic acids is 2. The molecule has 0 aliphatic carbocycles. The van der Waals surface area contributed by atoms with Crippen molar-refractivity contribution in [3.63, 3.8) is 0 Å². The number of aliphatic hydroxyl groups is 4. The Morgan fingerprint density at radius 2 is 0.580 bits per heavy atom. The van der Waals surface area contributed by atoms with E-state index in [1.54, 1.807) is 69.9 Å². The average molecular weight is 939 g/mol. The van der Waals surface area contributed by atoms with Gasteiger partial charge >= 0.3 is 0 Å². The predicted octanol–water partition coefficient (Wildman–Crippen LogP) is 12.7. The monoisotopic (exact) mass is 939 g/mol. The summed E-state index contributed by atoms with van der Waals surface area (Å²) in [5, 5.41) is 41.2. The Kier molecular flexibility index (Phi) is 20.1. The van der Waals surface area contributed by atoms with Gasteiger partial charge in [-0.15, -0.1) is 0 Å². The number of hydrogen-bond acceptors (Lipinski definition) is 9. The third kappa shape index (κ3) is 17.1. The van der Waals surface area contributed by atoms with Gasteiger partial charge in [-0.1, -0.05) is 159 Å². The van der Waals surface area contributed by atoms with E-state index in [0.29, 0.717) is 22.4 Å². The topological polar surface area (TPSA) is 143 Å². The first-order chi connectivity index (χ1) is 32.4. The van der Waals surface area contributed by atoms with Crippen LogP contribution in [0.4, 0.5) is 0 Å². The molecule has 6 aromatic rings. The molecule has 9 nitrogen and oxygen atoms in total. The van der Waals surface area contributed by atoms with Crippen molar-refractivity contribution in [2.45, 2.75) is 122 Å². The van der Waals surface area contributed by atoms with E-state index >= 15 is 0 Å². The van der Waals surface area contributed by atoms with Crippen molar-refractivity contribution in [1.29, 1.82) is 0 Å². The number of methoxy groups -OCH3 is 3. The molecule has 6 aromatic carbocycles. The van der Waals surface area contributed by atoms with Gasteiger partial charge in [0, 0.05) is 30.4 Å². The van der Waals surface area contributed by atoms with Gasteiger partial charge in [0.15, 0.2) is 11.6 Å². The minimum Gasteiger partial charge on any atom is -0.497 e. The predicted molar refractivity (Wildman–Crippen MR) is 277 cm³/mol. The number of ketones is 2. The maximum absolute atomic E-state index is 12.3. The van der Waals surface area contributed by atoms with Crippen LogP contribution in [0.1, 0.15) is 166 Å². The molecule has 0 bridgehead atoms. The molecule has 9 heteroatoms. The number of aliphatic hydroxyl groups excluding tert-OH is 4. The molecular weight excluding hydrogens is 865 g/mol. The highest BCUT2D eigenvalue weighted by Gasteiger charge is 2.21. The fourth-order valence-corrected chi connectivity index (χ4v) is 7.30. The van der Waals surface area contributed by atoms with Crippen LogP contribution in [-0.4, -0.2) is 53.3 Å². The summed E-state index contributed by atoms with van der Waals surface area (Å²) in [6.45, 7) is 19.3. The Morgan fingerprint density at radius 1 is 0.362 bits per heavy atom. The van der Waals surface area contributed by atoms with Gasteiger partial charge in [-0.05, 0) is 104 Å². The lowest BCUT2D eigenvalue weighted by Crippen LogP contribution is -2.12. The van der Waals surface area contributed by atoms with Crippen LogP contribution in [0.2, 0.25) is 0 Å². The molecule has 368 valence electrons. The Morgan fingerprint density at radius 3 is 0.841 bits per heavy atom. The third-order valence-electron chi connectivity index (χ3n) is 12.0. The maximum Gasteiger partial charge on any atom is 0.165 e. The van der Waals surface area contributed by atoms with Gasteiger partial charge in [0.05, 0.1) is 45.7 Å². The van der Waals surface area contributed by atoms with Gasteiger partial charge in [0.2, 0.25) is 0 Å². The zero-order chi connectivity index (χ0) is 51.1. The van der Waals surface area contributed by atoms with Crippen LogP contribution in [0, 0.1) is 0 Å². The fraction of sp³-hybridized carbons (Fsp3) is 0.367. The molecule has 0 aromatic heterocycles. The summed E-state index contributed by atoms with van der Waals surface area (Å²) in [4.78, 5) is 24.6. The van der Waals surface area contributed by atoms with Gasteiger partial charge in [0.25, 0.3) is 0 Å². The van der Waals surface area contributed by atoms with Crippen molar-refractivity contribution < 1.29 is 44.2 Å². The van der Waals surface area contributed by atoms with Gasteiger partial charge in [-0.2, -0.15) is 0 Å². The molecule has 0 fully saturated rings. The minimum atomic E-state index is -0.810. The molecule has 0 radical (unpaired) electrons. The number of benzene rings is 6. The highest BCUT2D eigenvalue weighted by atomic mass is 16.5. The van der Waals surface area contributed by atoms with E-state index in [0.717, 1.165) is 28.2 Å². The summed E-state index contributed by atoms with van der Waals surface area (Å²) in [5.41, 5.74) is 8.12. The summed E-state index contributed by atoms with van der Waals surface area (Å²) in [7, 11) is 4.79. The first-order valence-corrected chi connectivity index (χ1v) is 23.5. The van der Waals surface area contributed by atoms with Crippen LogP contribution in [0.3, 0.4) is 0 Å². The van der Waals surface area contributed by atoms with Crippen LogP contribution in [-0.2, 0) is 16.2 Å². The Hall–Kier alpha value is -6.10. The number of ether oxygens (including phenoxy) is 3. The second-order valence-electron chi connectivity index (χ2n) is 20.4. The summed E-state index contributed by atoms with van der Waals surface area (Å²) < 4.78 is 15.3. The lowest BCUT2D eigenvalue weighted by atomic mass is 9.86. The van der Waals surface area contributed by atoms with E-state index in [1.807, 2.05) is 97.1 Å². The normalized spacial score (nSPS) is 13.3. The second-order valence-corrected chi connectivity index (χ2v) is 20.4. The van der Waals surface area contributed by atoms with Crippen molar-refractivity contribution in [2.24, 2.45) is 0 Å². The number of rotatable bonds is 15. The van der Waals surface area contributed by atoms with Crippen molar-refractivity contribution >= 4 is 11.6 Å². The number of Topliss-reactive ketones (excluding diaryl/α,β-unsaturated/α-hetero) is 2. The van der Waals surface area contributed by atoms with Crippen LogP contribution in [0.25, 0.3) is 0 Å². The SMILES string of the molecule is COc1ccc(C(=O)CC(O)c2ccc(C(C)(C)C)cc2)cc1.COc1ccc(C(O)CC(=O)c2ccc(C(C)(C)C)cc2)cc1.COc1ccc(C(O)CC(O)c2ccc(C(C)(C)C)cc2)cc1. The maximum atomic E-state index is 12.3. The first-order valence-electron chi connectivity index (χ1n) is 23.5. The van der Waals surface area contributed by atoms with E-state index in [4.69, 9.17) is 14.2 Å². The number of hydrogen-bond donors (Lipinski definition) is 4. The molecule has 0 spiro atoms. The van der Waals surface area contributed by atoms with Gasteiger partial charge < -0.3 is 34.6 Å². The molecule has 69 heavy (non-hydrogen) atoms. The largest absolute Gasteiger partial charge is 0.497 e. The molecule has 0 amide bonds. The molecule has 6 rings (SSSR count). The highest BCUT2D eigenvalue weighted by molar-refractivity contribution is 5.97. The van der Waals surface area contributed by atoms with E-state index in [1.165, 1.54) is 16.7 Å². The third-order valence-corrected chi connectivity index (χ3v) is 12.0. The van der Waals surface area contributed by atoms with Crippen molar-refractivity contribution in [3.8, 4) is 17.2 Å². The van der Waals surface area contributed by atoms with Gasteiger partial charge in [0.1, 0.15) is 17.2 Å². The molecular formula is C60H74O9. The van der Waals surface area contributed by atoms with E-state index in [2.05, 4.69) is 62.3 Å². The van der Waals surface area contributed by atoms with Crippen molar-refractivity contribution in [2.75, 3.05) is 21.3 Å². The molecule has 0 saturated carbocycles. The quantitative estimate of drug-likeness (QED) is 0.0740. The lowest BCUT2D eigenvalue weighted by molar-refractivity contribution is 0.0802. The molecule has 0 saturated heterocycles. The molecule has 4 unspecified atom stereocenters. The van der Waals surface area contributed by atoms with E-state index in [9.17, 15) is 30.0 Å². The van der Waals surface area contributed by atoms with E-state index in [-0.39, 0.29) is 47.1 Å². The summed E-state index contributed by atoms with van der Waals surface area (Å²) in [6, 6.07) is 44.7. The first kappa shape index (κ1) is 55.5. The van der Waals surface area contributed by atoms with Crippen LogP contribution in [0.5, 0.6) is 17.2 Å². The lowest BCUT2D eigenvalue weighted by Gasteiger charge is -2.21. The van der Waals surface area contributed by atoms with Crippen molar-refractivity contribution in [3.05, 3.63) is 196 Å². The Labute approximate surface area is 410 Å². The second kappa shape index (κ2) is 25.0. The standard InChI is InChI=1S/C20H26O3.2C20H24O3/c3*1-20(2,3)16-9-5-14(6-10-16)18(21)13-19(22)15-7-11-17(23-4)12-8-15/h5-12,18-19,21-22H,13H2,1-4H3;5-12,19,22H,13H2,1-4H3;5-12,18,21H,13H2,1-4H3. The van der Waals surface area contributed by atoms with Crippen molar-refractivity contribution in [1.82, 2.24) is 0 Å². The summed E-state index contributed by atoms with van der Waals surface area (Å²) in [6.07, 6.45) is -2.60. The van der Waals surface area contributed by atoms with Gasteiger partial charge in [-0.3, -0.25) is 9.59 Å². The zero-order valence-corrected chi connectivity index (χ0v) is 42.6. The molecule has 0 heterocycles. The van der Waals surface area contributed by atoms with Gasteiger partial charge in [-0.25, -0.2) is 0 Å². The zero-order valence-electron chi connectivity index (χ0n) is 42.6. The Bertz CT molecular complexity index is 2470. The Balaban J connectivity index is 0.000000225. The summed E-state index contributed by atoms with van der Waals surface area (Å²) >= 11 is 0. The molecule has 0 aliphatic heterocycles. The van der Waals surface area contributed by atoms with Crippen LogP contribution < -0.4 is 14.2 Å². The van der Waals surface area contributed by atoms with Crippen LogP contribution >= 0.6 is 0 Å². The van der Waals surface area contributed by atoms with E-state index < -0.39 is 24.4 Å². The smallest absolute Gasteiger partial charge is 0.165 e.